The van der Waals surface area contributed by atoms with E-state index in [0.29, 0.717) is 30.5 Å². The number of aliphatic imine (C=N–C) groups is 1. The highest BCUT2D eigenvalue weighted by Crippen LogP contribution is 2.30. The van der Waals surface area contributed by atoms with Gasteiger partial charge in [0, 0.05) is 24.9 Å². The van der Waals surface area contributed by atoms with Crippen LogP contribution in [0.15, 0.2) is 45.3 Å². The van der Waals surface area contributed by atoms with Crippen LogP contribution in [0.2, 0.25) is 0 Å². The zero-order chi connectivity index (χ0) is 18.3. The number of hydrogen-bond donors (Lipinski definition) is 2. The number of guanidine groups is 1. The summed E-state index contributed by atoms with van der Waals surface area (Å²) in [4.78, 5) is 7.85. The Bertz CT molecular complexity index is 707. The first kappa shape index (κ1) is 19.0. The first-order valence-corrected chi connectivity index (χ1v) is 8.43. The number of thiazole rings is 1. The van der Waals surface area contributed by atoms with Gasteiger partial charge in [0.05, 0.1) is 12.8 Å². The molecule has 0 aliphatic heterocycles. The lowest BCUT2D eigenvalue weighted by Gasteiger charge is -2.12. The van der Waals surface area contributed by atoms with E-state index in [1.54, 1.807) is 6.26 Å². The molecule has 0 spiro atoms. The predicted molar refractivity (Wildman–Crippen MR) is 91.5 cm³/mol. The Morgan fingerprint density at radius 1 is 1.40 bits per heavy atom. The second-order valence-corrected chi connectivity index (χ2v) is 6.30. The molecule has 2 N–H and O–H groups in total. The van der Waals surface area contributed by atoms with E-state index in [1.807, 2.05) is 19.1 Å². The third kappa shape index (κ3) is 6.61. The summed E-state index contributed by atoms with van der Waals surface area (Å²) in [6.45, 7) is 6.81. The molecule has 0 saturated carbocycles. The topological polar surface area (TPSA) is 62.5 Å². The molecular formula is C16H19F3N4OS. The van der Waals surface area contributed by atoms with Gasteiger partial charge in [-0.3, -0.25) is 0 Å². The quantitative estimate of drug-likeness (QED) is 0.443. The maximum absolute atomic E-state index is 12.6. The minimum absolute atomic E-state index is 0.0625. The van der Waals surface area contributed by atoms with Crippen molar-refractivity contribution in [1.29, 1.82) is 0 Å². The SMILES string of the molecule is C=C(C)CNC(=NCc1nc(C(F)(F)F)cs1)NCCc1ccco1. The van der Waals surface area contributed by atoms with E-state index >= 15 is 0 Å². The predicted octanol–water partition coefficient (Wildman–Crippen LogP) is 3.61. The van der Waals surface area contributed by atoms with Gasteiger partial charge in [0.1, 0.15) is 10.8 Å². The van der Waals surface area contributed by atoms with E-state index in [4.69, 9.17) is 4.42 Å². The Labute approximate surface area is 147 Å². The van der Waals surface area contributed by atoms with Crippen LogP contribution < -0.4 is 10.6 Å². The molecule has 5 nitrogen and oxygen atoms in total. The maximum Gasteiger partial charge on any atom is 0.434 e. The number of hydrogen-bond acceptors (Lipinski definition) is 4. The molecule has 0 atom stereocenters. The molecule has 25 heavy (non-hydrogen) atoms. The van der Waals surface area contributed by atoms with E-state index in [2.05, 4.69) is 27.2 Å². The Hall–Kier alpha value is -2.29. The number of nitrogens with zero attached hydrogens (tertiary/aromatic N) is 2. The summed E-state index contributed by atoms with van der Waals surface area (Å²) in [7, 11) is 0. The average molecular weight is 372 g/mol. The summed E-state index contributed by atoms with van der Waals surface area (Å²) >= 11 is 0.938. The Morgan fingerprint density at radius 3 is 2.80 bits per heavy atom. The molecule has 0 bridgehead atoms. The van der Waals surface area contributed by atoms with Crippen LogP contribution in [0.1, 0.15) is 23.4 Å². The smallest absolute Gasteiger partial charge is 0.434 e. The van der Waals surface area contributed by atoms with Crippen LogP contribution in [0.4, 0.5) is 13.2 Å². The monoisotopic (exact) mass is 372 g/mol. The van der Waals surface area contributed by atoms with Gasteiger partial charge < -0.3 is 15.1 Å². The van der Waals surface area contributed by atoms with Gasteiger partial charge in [-0.2, -0.15) is 13.2 Å². The molecule has 0 fully saturated rings. The fourth-order valence-corrected chi connectivity index (χ4v) is 2.55. The number of rotatable bonds is 7. The van der Waals surface area contributed by atoms with Crippen LogP contribution in [0, 0.1) is 0 Å². The number of nitrogens with one attached hydrogen (secondary N) is 2. The number of halogens is 3. The van der Waals surface area contributed by atoms with Gasteiger partial charge in [-0.1, -0.05) is 12.2 Å². The van der Waals surface area contributed by atoms with Crippen molar-refractivity contribution < 1.29 is 17.6 Å². The zero-order valence-corrected chi connectivity index (χ0v) is 14.5. The normalized spacial score (nSPS) is 12.2. The van der Waals surface area contributed by atoms with Crippen molar-refractivity contribution in [3.05, 3.63) is 52.4 Å². The van der Waals surface area contributed by atoms with E-state index < -0.39 is 11.9 Å². The average Bonchev–Trinajstić information content (AvgIpc) is 3.20. The molecule has 2 rings (SSSR count). The molecule has 0 radical (unpaired) electrons. The minimum atomic E-state index is -4.43. The van der Waals surface area contributed by atoms with Gasteiger partial charge >= 0.3 is 6.18 Å². The van der Waals surface area contributed by atoms with Crippen molar-refractivity contribution in [2.75, 3.05) is 13.1 Å². The number of alkyl halides is 3. The summed E-state index contributed by atoms with van der Waals surface area (Å²) in [5, 5.41) is 7.48. The van der Waals surface area contributed by atoms with Crippen molar-refractivity contribution in [2.24, 2.45) is 4.99 Å². The second kappa shape index (κ2) is 8.70. The molecule has 0 unspecified atom stereocenters. The van der Waals surface area contributed by atoms with Crippen LogP contribution in [-0.2, 0) is 19.1 Å². The Morgan fingerprint density at radius 2 is 2.20 bits per heavy atom. The van der Waals surface area contributed by atoms with Crippen LogP contribution in [-0.4, -0.2) is 24.0 Å². The summed E-state index contributed by atoms with van der Waals surface area (Å²) in [6, 6.07) is 3.68. The molecule has 0 amide bonds. The molecular weight excluding hydrogens is 353 g/mol. The van der Waals surface area contributed by atoms with Gasteiger partial charge in [-0.05, 0) is 19.1 Å². The summed E-state index contributed by atoms with van der Waals surface area (Å²) in [5.74, 6) is 1.32. The largest absolute Gasteiger partial charge is 0.469 e. The second-order valence-electron chi connectivity index (χ2n) is 5.36. The van der Waals surface area contributed by atoms with Crippen LogP contribution >= 0.6 is 11.3 Å². The van der Waals surface area contributed by atoms with Crippen molar-refractivity contribution in [1.82, 2.24) is 15.6 Å². The fourth-order valence-electron chi connectivity index (χ4n) is 1.83. The standard InChI is InChI=1S/C16H19F3N4OS/c1-11(2)8-21-15(20-6-5-12-4-3-7-24-12)22-9-14-23-13(10-25-14)16(17,18)19/h3-4,7,10H,1,5-6,8-9H2,2H3,(H2,20,21,22). The number of furan rings is 1. The fraction of sp³-hybridized carbons (Fsp3) is 0.375. The molecule has 0 aliphatic rings. The third-order valence-corrected chi connectivity index (χ3v) is 3.85. The highest BCUT2D eigenvalue weighted by Gasteiger charge is 2.33. The van der Waals surface area contributed by atoms with Crippen molar-refractivity contribution in [3.8, 4) is 0 Å². The van der Waals surface area contributed by atoms with E-state index in [9.17, 15) is 13.2 Å². The van der Waals surface area contributed by atoms with Gasteiger partial charge in [0.2, 0.25) is 0 Å². The first-order valence-electron chi connectivity index (χ1n) is 7.55. The van der Waals surface area contributed by atoms with Gasteiger partial charge in [-0.25, -0.2) is 9.98 Å². The van der Waals surface area contributed by atoms with Crippen LogP contribution in [0.5, 0.6) is 0 Å². The Balaban J connectivity index is 1.94. The molecule has 2 aromatic heterocycles. The molecule has 2 aromatic rings. The van der Waals surface area contributed by atoms with Crippen molar-refractivity contribution in [3.63, 3.8) is 0 Å². The molecule has 136 valence electrons. The van der Waals surface area contributed by atoms with Gasteiger partial charge in [0.15, 0.2) is 11.7 Å². The zero-order valence-electron chi connectivity index (χ0n) is 13.7. The summed E-state index contributed by atoms with van der Waals surface area (Å²) in [5.41, 5.74) is 0.0269. The number of aromatic nitrogens is 1. The highest BCUT2D eigenvalue weighted by atomic mass is 32.1. The highest BCUT2D eigenvalue weighted by molar-refractivity contribution is 7.09. The first-order chi connectivity index (χ1) is 11.8. The van der Waals surface area contributed by atoms with Crippen LogP contribution in [0.3, 0.4) is 0 Å². The van der Waals surface area contributed by atoms with Gasteiger partial charge in [0.25, 0.3) is 0 Å². The summed E-state index contributed by atoms with van der Waals surface area (Å²) < 4.78 is 43.0. The van der Waals surface area contributed by atoms with Gasteiger partial charge in [-0.15, -0.1) is 11.3 Å². The molecule has 0 aliphatic carbocycles. The molecule has 0 saturated heterocycles. The summed E-state index contributed by atoms with van der Waals surface area (Å²) in [6.07, 6.45) is -2.17. The lowest BCUT2D eigenvalue weighted by atomic mass is 10.3. The van der Waals surface area contributed by atoms with Crippen molar-refractivity contribution in [2.45, 2.75) is 26.1 Å². The van der Waals surface area contributed by atoms with Crippen LogP contribution in [0.25, 0.3) is 0 Å². The lowest BCUT2D eigenvalue weighted by Crippen LogP contribution is -2.39. The molecule has 0 aromatic carbocycles. The lowest BCUT2D eigenvalue weighted by molar-refractivity contribution is -0.140. The maximum atomic E-state index is 12.6. The molecule has 2 heterocycles. The molecule has 9 heteroatoms. The minimum Gasteiger partial charge on any atom is -0.469 e. The van der Waals surface area contributed by atoms with E-state index in [-0.39, 0.29) is 6.54 Å². The third-order valence-electron chi connectivity index (χ3n) is 3.02. The van der Waals surface area contributed by atoms with E-state index in [1.165, 1.54) is 0 Å². The van der Waals surface area contributed by atoms with E-state index in [0.717, 1.165) is 28.1 Å². The Kier molecular flexibility index (Phi) is 6.63. The van der Waals surface area contributed by atoms with Crippen molar-refractivity contribution >= 4 is 17.3 Å².